The van der Waals surface area contributed by atoms with Gasteiger partial charge in [-0.1, -0.05) is 18.2 Å². The lowest BCUT2D eigenvalue weighted by Crippen LogP contribution is -2.60. The molecule has 1 aromatic carbocycles. The molecule has 12 nitrogen and oxygen atoms in total. The molecule has 8 atom stereocenters. The second-order valence-electron chi connectivity index (χ2n) is 8.89. The van der Waals surface area contributed by atoms with Crippen molar-refractivity contribution in [3.05, 3.63) is 59.4 Å². The Bertz CT molecular complexity index is 1080. The molecule has 37 heavy (non-hydrogen) atoms. The van der Waals surface area contributed by atoms with Crippen LogP contribution in [0.25, 0.3) is 6.08 Å². The van der Waals surface area contributed by atoms with Crippen LogP contribution in [-0.4, -0.2) is 92.8 Å². The molecule has 0 radical (unpaired) electrons. The molecule has 1 aromatic rings. The maximum Gasteiger partial charge on any atom is 0.335 e. The molecule has 200 valence electrons. The van der Waals surface area contributed by atoms with E-state index in [0.29, 0.717) is 17.6 Å². The van der Waals surface area contributed by atoms with Gasteiger partial charge in [-0.15, -0.1) is 0 Å². The van der Waals surface area contributed by atoms with Gasteiger partial charge in [0.25, 0.3) is 0 Å². The predicted octanol–water partition coefficient (Wildman–Crippen LogP) is -0.348. The fraction of sp³-hybridized carbons (Fsp3) is 0.440. The zero-order valence-electron chi connectivity index (χ0n) is 19.5. The summed E-state index contributed by atoms with van der Waals surface area (Å²) in [4.78, 5) is 23.7. The van der Waals surface area contributed by atoms with E-state index < -0.39 is 67.4 Å². The Balaban J connectivity index is 1.40. The number of aliphatic hydroxyl groups is 4. The number of carboxylic acids is 1. The summed E-state index contributed by atoms with van der Waals surface area (Å²) in [6.07, 6.45) is -3.31. The molecule has 1 fully saturated rings. The smallest absolute Gasteiger partial charge is 0.335 e. The van der Waals surface area contributed by atoms with Gasteiger partial charge in [0.2, 0.25) is 6.29 Å². The van der Waals surface area contributed by atoms with Crippen molar-refractivity contribution in [2.24, 2.45) is 11.8 Å². The minimum atomic E-state index is -1.71. The molecule has 2 heterocycles. The van der Waals surface area contributed by atoms with Crippen molar-refractivity contribution in [1.29, 1.82) is 0 Å². The average Bonchev–Trinajstić information content (AvgIpc) is 3.32. The molecule has 1 saturated heterocycles. The Labute approximate surface area is 211 Å². The molecule has 1 aliphatic carbocycles. The number of benzene rings is 1. The third-order valence-corrected chi connectivity index (χ3v) is 6.58. The van der Waals surface area contributed by atoms with Crippen LogP contribution >= 0.6 is 0 Å². The van der Waals surface area contributed by atoms with Crippen LogP contribution in [0.2, 0.25) is 0 Å². The van der Waals surface area contributed by atoms with E-state index in [1.54, 1.807) is 18.2 Å². The topological polar surface area (TPSA) is 192 Å². The van der Waals surface area contributed by atoms with Gasteiger partial charge in [0, 0.05) is 12.0 Å². The number of carboxylic acid groups (broad SMARTS) is 1. The number of aliphatic hydroxyl groups excluding tert-OH is 4. The number of rotatable bonds is 8. The molecule has 2 aliphatic heterocycles. The Morgan fingerprint density at radius 2 is 1.78 bits per heavy atom. The monoisotopic (exact) mass is 520 g/mol. The number of allylic oxidation sites excluding steroid dienone is 1. The molecule has 0 bridgehead atoms. The summed E-state index contributed by atoms with van der Waals surface area (Å²) in [5.41, 5.74) is 1.14. The number of carbonyl (C=O) groups is 2. The summed E-state index contributed by atoms with van der Waals surface area (Å²) in [5, 5.41) is 59.6. The summed E-state index contributed by atoms with van der Waals surface area (Å²) in [5.74, 6) is -3.08. The average molecular weight is 520 g/mol. The van der Waals surface area contributed by atoms with Gasteiger partial charge in [-0.25, -0.2) is 9.59 Å². The van der Waals surface area contributed by atoms with Crippen LogP contribution in [0.3, 0.4) is 0 Å². The number of fused-ring (bicyclic) bond motifs is 1. The predicted molar refractivity (Wildman–Crippen MR) is 123 cm³/mol. The molecule has 12 heteroatoms. The molecule has 0 amide bonds. The van der Waals surface area contributed by atoms with E-state index in [9.17, 15) is 40.2 Å². The van der Waals surface area contributed by atoms with Gasteiger partial charge in [0.15, 0.2) is 6.29 Å². The van der Waals surface area contributed by atoms with Crippen LogP contribution in [-0.2, 0) is 28.5 Å². The van der Waals surface area contributed by atoms with Crippen LogP contribution < -0.4 is 0 Å². The van der Waals surface area contributed by atoms with E-state index in [4.69, 9.17) is 18.9 Å². The highest BCUT2D eigenvalue weighted by molar-refractivity contribution is 5.87. The van der Waals surface area contributed by atoms with E-state index in [2.05, 4.69) is 0 Å². The highest BCUT2D eigenvalue weighted by Gasteiger charge is 2.49. The lowest BCUT2D eigenvalue weighted by Gasteiger charge is -2.43. The summed E-state index contributed by atoms with van der Waals surface area (Å²) in [7, 11) is 0. The molecular formula is C25H28O12. The van der Waals surface area contributed by atoms with Crippen molar-refractivity contribution in [1.82, 2.24) is 0 Å². The Kier molecular flexibility index (Phi) is 8.27. The number of carbonyl (C=O) groups excluding carboxylic acids is 1. The SMILES string of the molecule is O=C(C=Cc1ccc(O)cc1)OCC1OC(OC2OC=C(C(=O)O)C3CC=C(CO)C23)C(O)C(O)C1O. The molecule has 0 aromatic heterocycles. The van der Waals surface area contributed by atoms with Crippen LogP contribution in [0, 0.1) is 11.8 Å². The second-order valence-corrected chi connectivity index (χ2v) is 8.89. The van der Waals surface area contributed by atoms with Crippen molar-refractivity contribution in [2.75, 3.05) is 13.2 Å². The minimum absolute atomic E-state index is 0.00951. The van der Waals surface area contributed by atoms with Crippen molar-refractivity contribution in [3.63, 3.8) is 0 Å². The molecule has 6 N–H and O–H groups in total. The van der Waals surface area contributed by atoms with Crippen LogP contribution in [0.4, 0.5) is 0 Å². The van der Waals surface area contributed by atoms with Gasteiger partial charge in [-0.05, 0) is 35.8 Å². The first-order chi connectivity index (χ1) is 17.7. The number of phenolic OH excluding ortho intramolecular Hbond substituents is 1. The van der Waals surface area contributed by atoms with Crippen molar-refractivity contribution < 1.29 is 59.2 Å². The van der Waals surface area contributed by atoms with Gasteiger partial charge >= 0.3 is 11.9 Å². The molecule has 0 saturated carbocycles. The zero-order valence-corrected chi connectivity index (χ0v) is 19.5. The number of aromatic hydroxyl groups is 1. The van der Waals surface area contributed by atoms with E-state index in [1.807, 2.05) is 0 Å². The second kappa shape index (κ2) is 11.4. The number of hydrogen-bond donors (Lipinski definition) is 6. The molecule has 4 rings (SSSR count). The minimum Gasteiger partial charge on any atom is -0.508 e. The fourth-order valence-corrected chi connectivity index (χ4v) is 4.57. The summed E-state index contributed by atoms with van der Waals surface area (Å²) in [6, 6.07) is 6.07. The lowest BCUT2D eigenvalue weighted by molar-refractivity contribution is -0.339. The number of hydrogen-bond acceptors (Lipinski definition) is 11. The standard InChI is InChI=1S/C25H28O12/c26-9-13-4-7-15-16(23(32)33)10-35-24(19(13)15)37-25-22(31)21(30)20(29)17(36-25)11-34-18(28)8-3-12-1-5-14(27)6-2-12/h1-6,8,10,15,17,19-22,24-27,29-31H,7,9,11H2,(H,32,33). The Hall–Kier alpha value is -3.26. The van der Waals surface area contributed by atoms with Crippen LogP contribution in [0.5, 0.6) is 5.75 Å². The van der Waals surface area contributed by atoms with Crippen LogP contribution in [0.15, 0.2) is 53.8 Å². The highest BCUT2D eigenvalue weighted by atomic mass is 16.8. The first kappa shape index (κ1) is 26.8. The quantitative estimate of drug-likeness (QED) is 0.149. The molecule has 0 spiro atoms. The Morgan fingerprint density at radius 3 is 2.46 bits per heavy atom. The van der Waals surface area contributed by atoms with Crippen LogP contribution in [0.1, 0.15) is 12.0 Å². The van der Waals surface area contributed by atoms with Gasteiger partial charge in [0.05, 0.1) is 24.4 Å². The largest absolute Gasteiger partial charge is 0.508 e. The summed E-state index contributed by atoms with van der Waals surface area (Å²) < 4.78 is 21.9. The van der Waals surface area contributed by atoms with E-state index in [-0.39, 0.29) is 17.9 Å². The molecular weight excluding hydrogens is 492 g/mol. The zero-order chi connectivity index (χ0) is 26.7. The normalized spacial score (nSPS) is 33.3. The summed E-state index contributed by atoms with van der Waals surface area (Å²) in [6.45, 7) is -0.838. The lowest BCUT2D eigenvalue weighted by atomic mass is 9.83. The van der Waals surface area contributed by atoms with Gasteiger partial charge in [-0.3, -0.25) is 0 Å². The number of aliphatic carboxylic acids is 1. The van der Waals surface area contributed by atoms with Crippen molar-refractivity contribution >= 4 is 18.0 Å². The van der Waals surface area contributed by atoms with Crippen molar-refractivity contribution in [2.45, 2.75) is 43.4 Å². The first-order valence-electron chi connectivity index (χ1n) is 11.6. The molecule has 8 unspecified atom stereocenters. The van der Waals surface area contributed by atoms with Gasteiger partial charge < -0.3 is 49.6 Å². The maximum absolute atomic E-state index is 12.1. The fourth-order valence-electron chi connectivity index (χ4n) is 4.57. The number of esters is 1. The van der Waals surface area contributed by atoms with E-state index in [0.717, 1.165) is 12.3 Å². The number of ether oxygens (including phenoxy) is 4. The number of phenols is 1. The highest BCUT2D eigenvalue weighted by Crippen LogP contribution is 2.44. The Morgan fingerprint density at radius 1 is 1.05 bits per heavy atom. The third kappa shape index (κ3) is 5.85. The first-order valence-corrected chi connectivity index (χ1v) is 11.6. The third-order valence-electron chi connectivity index (χ3n) is 6.58. The van der Waals surface area contributed by atoms with E-state index in [1.165, 1.54) is 18.2 Å². The van der Waals surface area contributed by atoms with Gasteiger partial charge in [0.1, 0.15) is 36.8 Å². The summed E-state index contributed by atoms with van der Waals surface area (Å²) >= 11 is 0. The molecule has 3 aliphatic rings. The maximum atomic E-state index is 12.1. The van der Waals surface area contributed by atoms with E-state index >= 15 is 0 Å². The van der Waals surface area contributed by atoms with Crippen molar-refractivity contribution in [3.8, 4) is 5.75 Å². The van der Waals surface area contributed by atoms with Gasteiger partial charge in [-0.2, -0.15) is 0 Å².